The lowest BCUT2D eigenvalue weighted by Crippen LogP contribution is -2.16. The lowest BCUT2D eigenvalue weighted by molar-refractivity contribution is 0.461. The van der Waals surface area contributed by atoms with Crippen molar-refractivity contribution in [2.45, 2.75) is 122 Å². The summed E-state index contributed by atoms with van der Waals surface area (Å²) in [4.78, 5) is 0. The summed E-state index contributed by atoms with van der Waals surface area (Å²) < 4.78 is 30.6. The molecule has 23 heavy (non-hydrogen) atoms. The second-order valence-corrected chi connectivity index (χ2v) is 8.90. The van der Waals surface area contributed by atoms with Crippen molar-refractivity contribution >= 4 is 10.1 Å². The van der Waals surface area contributed by atoms with Gasteiger partial charge in [0.2, 0.25) is 0 Å². The Hall–Kier alpha value is -0.0900. The molecule has 0 bridgehead atoms. The first kappa shape index (κ1) is 22.9. The fraction of sp³-hybridized carbons (Fsp3) is 1.00. The molecule has 0 saturated heterocycles. The van der Waals surface area contributed by atoms with Gasteiger partial charge < -0.3 is 0 Å². The van der Waals surface area contributed by atoms with Crippen LogP contribution in [0.5, 0.6) is 0 Å². The van der Waals surface area contributed by atoms with Crippen molar-refractivity contribution in [3.63, 3.8) is 0 Å². The fourth-order valence-electron chi connectivity index (χ4n) is 2.95. The molecule has 0 saturated carbocycles. The number of hydrogen-bond donors (Lipinski definition) is 1. The predicted octanol–water partition coefficient (Wildman–Crippen LogP) is 6.52. The van der Waals surface area contributed by atoms with E-state index in [1.807, 2.05) is 0 Å². The van der Waals surface area contributed by atoms with Crippen molar-refractivity contribution in [3.05, 3.63) is 0 Å². The topological polar surface area (TPSA) is 54.4 Å². The van der Waals surface area contributed by atoms with E-state index >= 15 is 0 Å². The van der Waals surface area contributed by atoms with Crippen LogP contribution in [-0.4, -0.2) is 18.2 Å². The monoisotopic (exact) mass is 348 g/mol. The largest absolute Gasteiger partial charge is 0.285 e. The van der Waals surface area contributed by atoms with E-state index in [4.69, 9.17) is 4.55 Å². The van der Waals surface area contributed by atoms with E-state index in [0.717, 1.165) is 12.8 Å². The van der Waals surface area contributed by atoms with Gasteiger partial charge in [-0.05, 0) is 13.3 Å². The van der Waals surface area contributed by atoms with Crippen molar-refractivity contribution in [1.82, 2.24) is 0 Å². The van der Waals surface area contributed by atoms with Crippen molar-refractivity contribution < 1.29 is 13.0 Å². The average Bonchev–Trinajstić information content (AvgIpc) is 2.50. The number of rotatable bonds is 17. The van der Waals surface area contributed by atoms with Crippen LogP contribution < -0.4 is 0 Å². The summed E-state index contributed by atoms with van der Waals surface area (Å²) in [7, 11) is -3.82. The Balaban J connectivity index is 3.14. The summed E-state index contributed by atoms with van der Waals surface area (Å²) in [6.45, 7) is 3.85. The highest BCUT2D eigenvalue weighted by Gasteiger charge is 2.15. The van der Waals surface area contributed by atoms with Gasteiger partial charge in [-0.1, -0.05) is 103 Å². The second-order valence-electron chi connectivity index (χ2n) is 7.06. The van der Waals surface area contributed by atoms with Crippen molar-refractivity contribution in [2.75, 3.05) is 0 Å². The molecule has 1 atom stereocenters. The molecule has 1 unspecified atom stereocenters. The van der Waals surface area contributed by atoms with Gasteiger partial charge in [0.1, 0.15) is 0 Å². The minimum atomic E-state index is -3.82. The van der Waals surface area contributed by atoms with Crippen LogP contribution >= 0.6 is 0 Å². The molecule has 0 aliphatic carbocycles. The van der Waals surface area contributed by atoms with E-state index in [2.05, 4.69) is 6.92 Å². The van der Waals surface area contributed by atoms with Gasteiger partial charge in [-0.25, -0.2) is 0 Å². The van der Waals surface area contributed by atoms with Crippen LogP contribution in [0.25, 0.3) is 0 Å². The summed E-state index contributed by atoms with van der Waals surface area (Å²) in [5, 5.41) is -0.607. The summed E-state index contributed by atoms with van der Waals surface area (Å²) in [5.74, 6) is 0. The van der Waals surface area contributed by atoms with E-state index in [1.54, 1.807) is 6.92 Å². The SMILES string of the molecule is CCCCCCCCCCCCCCCCCC(C)S(=O)(=O)O. The van der Waals surface area contributed by atoms with Crippen LogP contribution in [0.3, 0.4) is 0 Å². The molecule has 0 fully saturated rings. The standard InChI is InChI=1S/C19H40O3S/c1-3-4-5-6-7-8-9-10-11-12-13-14-15-16-17-18-19(2)23(20,21)22/h19H,3-18H2,1-2H3,(H,20,21,22). The first-order chi connectivity index (χ1) is 11.0. The Morgan fingerprint density at radius 1 is 0.652 bits per heavy atom. The lowest BCUT2D eigenvalue weighted by atomic mass is 10.0. The maximum absolute atomic E-state index is 10.9. The third-order valence-electron chi connectivity index (χ3n) is 4.72. The van der Waals surface area contributed by atoms with Gasteiger partial charge in [-0.2, -0.15) is 8.42 Å². The van der Waals surface area contributed by atoms with Crippen LogP contribution in [0.4, 0.5) is 0 Å². The predicted molar refractivity (Wildman–Crippen MR) is 101 cm³/mol. The van der Waals surface area contributed by atoms with Gasteiger partial charge in [-0.15, -0.1) is 0 Å². The molecule has 3 nitrogen and oxygen atoms in total. The highest BCUT2D eigenvalue weighted by Crippen LogP contribution is 2.15. The molecule has 4 heteroatoms. The number of hydrogen-bond acceptors (Lipinski definition) is 2. The summed E-state index contributed by atoms with van der Waals surface area (Å²) in [6.07, 6.45) is 20.2. The summed E-state index contributed by atoms with van der Waals surface area (Å²) in [6, 6.07) is 0. The molecule has 0 aliphatic heterocycles. The zero-order valence-electron chi connectivity index (χ0n) is 15.6. The molecule has 0 aromatic rings. The van der Waals surface area contributed by atoms with E-state index in [-0.39, 0.29) is 0 Å². The van der Waals surface area contributed by atoms with Crippen LogP contribution in [0.15, 0.2) is 0 Å². The number of unbranched alkanes of at least 4 members (excludes halogenated alkanes) is 14. The zero-order valence-corrected chi connectivity index (χ0v) is 16.4. The smallest absolute Gasteiger partial charge is 0.267 e. The first-order valence-corrected chi connectivity index (χ1v) is 11.4. The van der Waals surface area contributed by atoms with Crippen LogP contribution in [0, 0.1) is 0 Å². The third-order valence-corrected chi connectivity index (χ3v) is 5.98. The summed E-state index contributed by atoms with van der Waals surface area (Å²) in [5.41, 5.74) is 0. The Morgan fingerprint density at radius 3 is 1.26 bits per heavy atom. The van der Waals surface area contributed by atoms with Gasteiger partial charge in [0.25, 0.3) is 10.1 Å². The highest BCUT2D eigenvalue weighted by atomic mass is 32.2. The minimum absolute atomic E-state index is 0.580. The fourth-order valence-corrected chi connectivity index (χ4v) is 3.42. The molecule has 0 rings (SSSR count). The Labute approximate surface area is 145 Å². The van der Waals surface area contributed by atoms with E-state index in [1.165, 1.54) is 83.5 Å². The molecule has 0 aliphatic rings. The molecular weight excluding hydrogens is 308 g/mol. The van der Waals surface area contributed by atoms with E-state index in [0.29, 0.717) is 6.42 Å². The van der Waals surface area contributed by atoms with E-state index < -0.39 is 15.4 Å². The minimum Gasteiger partial charge on any atom is -0.285 e. The van der Waals surface area contributed by atoms with E-state index in [9.17, 15) is 8.42 Å². The van der Waals surface area contributed by atoms with Gasteiger partial charge in [0, 0.05) is 0 Å². The molecule has 0 amide bonds. The van der Waals surface area contributed by atoms with Gasteiger partial charge in [0.05, 0.1) is 5.25 Å². The van der Waals surface area contributed by atoms with Crippen molar-refractivity contribution in [1.29, 1.82) is 0 Å². The quantitative estimate of drug-likeness (QED) is 0.240. The molecular formula is C19H40O3S. The maximum Gasteiger partial charge on any atom is 0.267 e. The van der Waals surface area contributed by atoms with Crippen molar-refractivity contribution in [2.24, 2.45) is 0 Å². The molecule has 0 radical (unpaired) electrons. The molecule has 140 valence electrons. The summed E-state index contributed by atoms with van der Waals surface area (Å²) >= 11 is 0. The second kappa shape index (κ2) is 15.4. The Morgan fingerprint density at radius 2 is 0.957 bits per heavy atom. The molecule has 0 aromatic carbocycles. The van der Waals surface area contributed by atoms with Gasteiger partial charge in [0.15, 0.2) is 0 Å². The normalized spacial score (nSPS) is 13.3. The van der Waals surface area contributed by atoms with Crippen LogP contribution in [0.2, 0.25) is 0 Å². The van der Waals surface area contributed by atoms with Crippen molar-refractivity contribution in [3.8, 4) is 0 Å². The Kier molecular flexibility index (Phi) is 15.4. The highest BCUT2D eigenvalue weighted by molar-refractivity contribution is 7.86. The first-order valence-electron chi connectivity index (χ1n) is 9.94. The lowest BCUT2D eigenvalue weighted by Gasteiger charge is -2.07. The third kappa shape index (κ3) is 16.5. The van der Waals surface area contributed by atoms with Gasteiger partial charge >= 0.3 is 0 Å². The molecule has 1 N–H and O–H groups in total. The van der Waals surface area contributed by atoms with Crippen LogP contribution in [-0.2, 0) is 10.1 Å². The maximum atomic E-state index is 10.9. The molecule has 0 heterocycles. The van der Waals surface area contributed by atoms with Crippen LogP contribution in [0.1, 0.15) is 117 Å². The zero-order chi connectivity index (χ0) is 17.4. The average molecular weight is 349 g/mol. The molecule has 0 spiro atoms. The Bertz CT molecular complexity index is 339. The van der Waals surface area contributed by atoms with Gasteiger partial charge in [-0.3, -0.25) is 4.55 Å². The molecule has 0 aromatic heterocycles.